The van der Waals surface area contributed by atoms with Crippen LogP contribution in [0.3, 0.4) is 0 Å². The maximum atomic E-state index is 11.9. The fourth-order valence-electron chi connectivity index (χ4n) is 1.94. The van der Waals surface area contributed by atoms with Gasteiger partial charge in [0.2, 0.25) is 0 Å². The number of unbranched alkanes of at least 4 members (excludes halogenated alkanes) is 3. The van der Waals surface area contributed by atoms with Gasteiger partial charge >= 0.3 is 0 Å². The van der Waals surface area contributed by atoms with Crippen molar-refractivity contribution in [3.05, 3.63) is 36.4 Å². The summed E-state index contributed by atoms with van der Waals surface area (Å²) in [6.07, 6.45) is 9.95. The second-order valence-corrected chi connectivity index (χ2v) is 4.74. The van der Waals surface area contributed by atoms with Crippen LogP contribution >= 0.6 is 0 Å². The smallest absolute Gasteiger partial charge is 0.271 e. The molecular formula is C14H21N5O. The van der Waals surface area contributed by atoms with Gasteiger partial charge in [0.1, 0.15) is 12.4 Å². The minimum Gasteiger partial charge on any atom is -0.351 e. The lowest BCUT2D eigenvalue weighted by molar-refractivity contribution is 0.0947. The van der Waals surface area contributed by atoms with Gasteiger partial charge in [-0.3, -0.25) is 14.2 Å². The van der Waals surface area contributed by atoms with E-state index in [1.54, 1.807) is 27.8 Å². The van der Waals surface area contributed by atoms with Crippen molar-refractivity contribution in [2.45, 2.75) is 39.3 Å². The Balaban J connectivity index is 1.77. The molecule has 0 unspecified atom stereocenters. The average Bonchev–Trinajstić information content (AvgIpc) is 3.10. The van der Waals surface area contributed by atoms with Crippen molar-refractivity contribution in [1.82, 2.24) is 24.9 Å². The van der Waals surface area contributed by atoms with Crippen molar-refractivity contribution in [1.29, 1.82) is 0 Å². The van der Waals surface area contributed by atoms with E-state index in [4.69, 9.17) is 0 Å². The molecular weight excluding hydrogens is 254 g/mol. The van der Waals surface area contributed by atoms with Crippen molar-refractivity contribution >= 4 is 5.91 Å². The van der Waals surface area contributed by atoms with Gasteiger partial charge < -0.3 is 5.32 Å². The molecule has 6 heteroatoms. The summed E-state index contributed by atoms with van der Waals surface area (Å²) < 4.78 is 3.44. The Morgan fingerprint density at radius 3 is 2.90 bits per heavy atom. The number of carbonyl (C=O) groups excluding carboxylic acids is 1. The molecule has 0 saturated carbocycles. The Hall–Kier alpha value is -2.11. The zero-order chi connectivity index (χ0) is 14.2. The Morgan fingerprint density at radius 2 is 2.15 bits per heavy atom. The minimum absolute atomic E-state index is 0.110. The van der Waals surface area contributed by atoms with E-state index < -0.39 is 0 Å². The third-order valence-corrected chi connectivity index (χ3v) is 3.04. The lowest BCUT2D eigenvalue weighted by Crippen LogP contribution is -2.25. The van der Waals surface area contributed by atoms with Crippen molar-refractivity contribution < 1.29 is 4.79 Å². The van der Waals surface area contributed by atoms with Gasteiger partial charge in [0, 0.05) is 25.1 Å². The molecule has 1 N–H and O–H groups in total. The van der Waals surface area contributed by atoms with E-state index in [0.29, 0.717) is 18.9 Å². The fourth-order valence-corrected chi connectivity index (χ4v) is 1.94. The molecule has 0 aliphatic heterocycles. The molecule has 6 nitrogen and oxygen atoms in total. The van der Waals surface area contributed by atoms with Crippen LogP contribution < -0.4 is 5.32 Å². The van der Waals surface area contributed by atoms with Crippen LogP contribution in [-0.4, -0.2) is 32.0 Å². The third-order valence-electron chi connectivity index (χ3n) is 3.04. The van der Waals surface area contributed by atoms with E-state index in [2.05, 4.69) is 22.4 Å². The molecule has 0 spiro atoms. The summed E-state index contributed by atoms with van der Waals surface area (Å²) in [7, 11) is 0. The maximum Gasteiger partial charge on any atom is 0.271 e. The zero-order valence-corrected chi connectivity index (χ0v) is 11.8. The van der Waals surface area contributed by atoms with Crippen LogP contribution in [0.15, 0.2) is 30.7 Å². The minimum atomic E-state index is -0.110. The number of nitrogens with zero attached hydrogens (tertiary/aromatic N) is 4. The Morgan fingerprint density at radius 1 is 1.25 bits per heavy atom. The van der Waals surface area contributed by atoms with Gasteiger partial charge in [-0.2, -0.15) is 10.2 Å². The highest BCUT2D eigenvalue weighted by Crippen LogP contribution is 1.99. The molecule has 2 heterocycles. The second kappa shape index (κ2) is 7.47. The summed E-state index contributed by atoms with van der Waals surface area (Å²) in [5, 5.41) is 11.2. The molecule has 2 aromatic heterocycles. The molecule has 20 heavy (non-hydrogen) atoms. The van der Waals surface area contributed by atoms with Crippen molar-refractivity contribution in [2.24, 2.45) is 0 Å². The summed E-state index contributed by atoms with van der Waals surface area (Å²) >= 11 is 0. The number of aromatic nitrogens is 4. The predicted octanol–water partition coefficient (Wildman–Crippen LogP) is 1.90. The van der Waals surface area contributed by atoms with Gasteiger partial charge in [-0.1, -0.05) is 26.2 Å². The number of rotatable bonds is 8. The molecule has 0 saturated heterocycles. The van der Waals surface area contributed by atoms with Gasteiger partial charge in [0.15, 0.2) is 0 Å². The van der Waals surface area contributed by atoms with Crippen LogP contribution in [0.4, 0.5) is 0 Å². The Kier molecular flexibility index (Phi) is 5.34. The van der Waals surface area contributed by atoms with E-state index in [0.717, 1.165) is 12.8 Å². The molecule has 0 aliphatic carbocycles. The number of hydrogen-bond donors (Lipinski definition) is 1. The first-order valence-corrected chi connectivity index (χ1v) is 7.08. The third kappa shape index (κ3) is 4.22. The monoisotopic (exact) mass is 275 g/mol. The van der Waals surface area contributed by atoms with Gasteiger partial charge in [-0.25, -0.2) is 0 Å². The number of carbonyl (C=O) groups is 1. The molecule has 0 fully saturated rings. The molecule has 108 valence electrons. The molecule has 0 bridgehead atoms. The van der Waals surface area contributed by atoms with Gasteiger partial charge in [0.05, 0.1) is 0 Å². The molecule has 0 aliphatic rings. The first-order chi connectivity index (χ1) is 9.79. The quantitative estimate of drug-likeness (QED) is 0.748. The van der Waals surface area contributed by atoms with Crippen LogP contribution in [0.2, 0.25) is 0 Å². The fraction of sp³-hybridized carbons (Fsp3) is 0.500. The van der Waals surface area contributed by atoms with Crippen LogP contribution in [-0.2, 0) is 6.67 Å². The van der Waals surface area contributed by atoms with Gasteiger partial charge in [-0.15, -0.1) is 0 Å². The van der Waals surface area contributed by atoms with E-state index >= 15 is 0 Å². The molecule has 0 atom stereocenters. The Labute approximate surface area is 118 Å². The summed E-state index contributed by atoms with van der Waals surface area (Å²) in [5.41, 5.74) is 0.452. The molecule has 0 radical (unpaired) electrons. The molecule has 1 amide bonds. The summed E-state index contributed by atoms with van der Waals surface area (Å²) in [6.45, 7) is 3.40. The number of nitrogens with one attached hydrogen (secondary N) is 1. The first-order valence-electron chi connectivity index (χ1n) is 7.08. The lowest BCUT2D eigenvalue weighted by atomic mass is 10.2. The molecule has 2 rings (SSSR count). The highest BCUT2D eigenvalue weighted by atomic mass is 16.1. The van der Waals surface area contributed by atoms with E-state index in [1.165, 1.54) is 12.8 Å². The van der Waals surface area contributed by atoms with E-state index in [-0.39, 0.29) is 5.91 Å². The number of hydrogen-bond acceptors (Lipinski definition) is 3. The maximum absolute atomic E-state index is 11.9. The molecule has 2 aromatic rings. The van der Waals surface area contributed by atoms with E-state index in [1.807, 2.05) is 12.3 Å². The van der Waals surface area contributed by atoms with Crippen LogP contribution in [0.25, 0.3) is 0 Å². The van der Waals surface area contributed by atoms with E-state index in [9.17, 15) is 4.79 Å². The van der Waals surface area contributed by atoms with Crippen molar-refractivity contribution in [3.8, 4) is 0 Å². The largest absolute Gasteiger partial charge is 0.351 e. The SMILES string of the molecule is CCCCCCNC(=O)c1ccn(Cn2cccn2)n1. The lowest BCUT2D eigenvalue weighted by Gasteiger charge is -2.03. The van der Waals surface area contributed by atoms with Crippen LogP contribution in [0.5, 0.6) is 0 Å². The first kappa shape index (κ1) is 14.3. The van der Waals surface area contributed by atoms with Crippen molar-refractivity contribution in [3.63, 3.8) is 0 Å². The molecule has 0 aromatic carbocycles. The van der Waals surface area contributed by atoms with Gasteiger partial charge in [-0.05, 0) is 18.6 Å². The van der Waals surface area contributed by atoms with Crippen LogP contribution in [0, 0.1) is 0 Å². The highest BCUT2D eigenvalue weighted by Gasteiger charge is 2.08. The average molecular weight is 275 g/mol. The summed E-state index contributed by atoms with van der Waals surface area (Å²) in [5.74, 6) is -0.110. The topological polar surface area (TPSA) is 64.7 Å². The summed E-state index contributed by atoms with van der Waals surface area (Å²) in [4.78, 5) is 11.9. The summed E-state index contributed by atoms with van der Waals surface area (Å²) in [6, 6.07) is 3.58. The second-order valence-electron chi connectivity index (χ2n) is 4.74. The standard InChI is InChI=1S/C14H21N5O/c1-2-3-4-5-8-15-14(20)13-7-11-19(17-13)12-18-10-6-9-16-18/h6-7,9-11H,2-5,8,12H2,1H3,(H,15,20). The number of amides is 1. The highest BCUT2D eigenvalue weighted by molar-refractivity contribution is 5.92. The predicted molar refractivity (Wildman–Crippen MR) is 76.3 cm³/mol. The van der Waals surface area contributed by atoms with Gasteiger partial charge in [0.25, 0.3) is 5.91 Å². The van der Waals surface area contributed by atoms with Crippen molar-refractivity contribution in [2.75, 3.05) is 6.54 Å². The Bertz CT molecular complexity index is 517. The normalized spacial score (nSPS) is 10.7. The zero-order valence-electron chi connectivity index (χ0n) is 11.8. The van der Waals surface area contributed by atoms with Crippen LogP contribution in [0.1, 0.15) is 43.1 Å².